The fraction of sp³-hybridized carbons (Fsp3) is 0.238. The van der Waals surface area contributed by atoms with Gasteiger partial charge in [0.15, 0.2) is 0 Å². The van der Waals surface area contributed by atoms with Gasteiger partial charge in [-0.1, -0.05) is 24.3 Å². The lowest BCUT2D eigenvalue weighted by atomic mass is 10.1. The SMILES string of the molecule is Cc1ccc(S(=O)(=O)NCCC(=O)NNC(=O)c2cn(C)c3ccccc23)cc1C. The van der Waals surface area contributed by atoms with Crippen LogP contribution >= 0.6 is 0 Å². The van der Waals surface area contributed by atoms with Crippen LogP contribution in [-0.4, -0.2) is 31.3 Å². The molecule has 0 saturated carbocycles. The molecule has 0 fully saturated rings. The molecule has 158 valence electrons. The molecular weight excluding hydrogens is 404 g/mol. The Labute approximate surface area is 175 Å². The predicted octanol–water partition coefficient (Wildman–Crippen LogP) is 1.92. The molecule has 0 aliphatic rings. The lowest BCUT2D eigenvalue weighted by Gasteiger charge is -2.09. The first-order valence-corrected chi connectivity index (χ1v) is 10.9. The monoisotopic (exact) mass is 428 g/mol. The highest BCUT2D eigenvalue weighted by Crippen LogP contribution is 2.19. The summed E-state index contributed by atoms with van der Waals surface area (Å²) >= 11 is 0. The van der Waals surface area contributed by atoms with Crippen LogP contribution in [0.2, 0.25) is 0 Å². The summed E-state index contributed by atoms with van der Waals surface area (Å²) in [5.41, 5.74) is 7.88. The number of aromatic nitrogens is 1. The van der Waals surface area contributed by atoms with Crippen molar-refractivity contribution in [3.05, 3.63) is 65.4 Å². The maximum atomic E-state index is 12.4. The van der Waals surface area contributed by atoms with Crippen molar-refractivity contribution in [1.82, 2.24) is 20.1 Å². The highest BCUT2D eigenvalue weighted by Gasteiger charge is 2.16. The lowest BCUT2D eigenvalue weighted by Crippen LogP contribution is -2.42. The number of hydrogen-bond acceptors (Lipinski definition) is 4. The van der Waals surface area contributed by atoms with E-state index in [0.717, 1.165) is 22.0 Å². The summed E-state index contributed by atoms with van der Waals surface area (Å²) in [5, 5.41) is 0.771. The molecule has 2 aromatic carbocycles. The van der Waals surface area contributed by atoms with Crippen molar-refractivity contribution in [3.63, 3.8) is 0 Å². The fourth-order valence-corrected chi connectivity index (χ4v) is 4.16. The van der Waals surface area contributed by atoms with Gasteiger partial charge >= 0.3 is 0 Å². The Bertz CT molecular complexity index is 1210. The molecule has 0 aliphatic carbocycles. The Morgan fingerprint density at radius 2 is 1.73 bits per heavy atom. The number of hydrazine groups is 1. The van der Waals surface area contributed by atoms with Crippen LogP contribution in [0.4, 0.5) is 0 Å². The molecule has 0 aliphatic heterocycles. The average Bonchev–Trinajstić information content (AvgIpc) is 3.05. The summed E-state index contributed by atoms with van der Waals surface area (Å²) in [6, 6.07) is 12.3. The summed E-state index contributed by atoms with van der Waals surface area (Å²) in [5.74, 6) is -0.956. The lowest BCUT2D eigenvalue weighted by molar-refractivity contribution is -0.121. The van der Waals surface area contributed by atoms with Gasteiger partial charge in [-0.25, -0.2) is 13.1 Å². The van der Waals surface area contributed by atoms with E-state index in [2.05, 4.69) is 15.6 Å². The van der Waals surface area contributed by atoms with Crippen molar-refractivity contribution >= 4 is 32.7 Å². The highest BCUT2D eigenvalue weighted by atomic mass is 32.2. The van der Waals surface area contributed by atoms with E-state index in [9.17, 15) is 18.0 Å². The van der Waals surface area contributed by atoms with Gasteiger partial charge in [0.1, 0.15) is 0 Å². The number of hydrogen-bond donors (Lipinski definition) is 3. The largest absolute Gasteiger partial charge is 0.350 e. The second-order valence-electron chi connectivity index (χ2n) is 7.07. The van der Waals surface area contributed by atoms with Gasteiger partial charge in [0.2, 0.25) is 15.9 Å². The van der Waals surface area contributed by atoms with Crippen LogP contribution < -0.4 is 15.6 Å². The van der Waals surface area contributed by atoms with Crippen LogP contribution in [0.1, 0.15) is 27.9 Å². The van der Waals surface area contributed by atoms with E-state index in [-0.39, 0.29) is 17.9 Å². The molecular formula is C21H24N4O4S. The number of aryl methyl sites for hydroxylation is 3. The van der Waals surface area contributed by atoms with E-state index in [1.54, 1.807) is 18.3 Å². The molecule has 0 radical (unpaired) electrons. The summed E-state index contributed by atoms with van der Waals surface area (Å²) in [6.07, 6.45) is 1.56. The molecule has 3 aromatic rings. The average molecular weight is 429 g/mol. The molecule has 0 atom stereocenters. The molecule has 1 heterocycles. The molecule has 0 spiro atoms. The van der Waals surface area contributed by atoms with Crippen LogP contribution in [0, 0.1) is 13.8 Å². The number of fused-ring (bicyclic) bond motifs is 1. The number of nitrogens with zero attached hydrogens (tertiary/aromatic N) is 1. The molecule has 3 rings (SSSR count). The van der Waals surface area contributed by atoms with Crippen LogP contribution in [0.15, 0.2) is 53.6 Å². The Hall–Kier alpha value is -3.17. The van der Waals surface area contributed by atoms with E-state index in [4.69, 9.17) is 0 Å². The number of carbonyl (C=O) groups is 2. The zero-order valence-electron chi connectivity index (χ0n) is 17.0. The maximum Gasteiger partial charge on any atom is 0.271 e. The first kappa shape index (κ1) is 21.5. The van der Waals surface area contributed by atoms with Gasteiger partial charge < -0.3 is 4.57 Å². The zero-order chi connectivity index (χ0) is 21.9. The number of carbonyl (C=O) groups excluding carboxylic acids is 2. The summed E-state index contributed by atoms with van der Waals surface area (Å²) < 4.78 is 28.9. The second-order valence-corrected chi connectivity index (χ2v) is 8.83. The summed E-state index contributed by atoms with van der Waals surface area (Å²) in [7, 11) is -1.88. The van der Waals surface area contributed by atoms with Crippen molar-refractivity contribution in [3.8, 4) is 0 Å². The van der Waals surface area contributed by atoms with Gasteiger partial charge in [0, 0.05) is 37.1 Å². The van der Waals surface area contributed by atoms with E-state index in [1.165, 1.54) is 6.07 Å². The Kier molecular flexibility index (Phi) is 6.23. The normalized spacial score (nSPS) is 11.4. The van der Waals surface area contributed by atoms with Crippen molar-refractivity contribution in [2.45, 2.75) is 25.2 Å². The minimum atomic E-state index is -3.71. The van der Waals surface area contributed by atoms with E-state index in [1.807, 2.05) is 49.7 Å². The van der Waals surface area contributed by atoms with Gasteiger partial charge in [-0.2, -0.15) is 0 Å². The van der Waals surface area contributed by atoms with Crippen molar-refractivity contribution in [2.75, 3.05) is 6.54 Å². The standard InChI is InChI=1S/C21H24N4O4S/c1-14-8-9-16(12-15(14)2)30(28,29)22-11-10-20(26)23-24-21(27)18-13-25(3)19-7-5-4-6-17(18)19/h4-9,12-13,22H,10-11H2,1-3H3,(H,23,26)(H,24,27). The third-order valence-corrected chi connectivity index (χ3v) is 6.35. The van der Waals surface area contributed by atoms with Gasteiger partial charge in [-0.3, -0.25) is 20.4 Å². The number of amides is 2. The third kappa shape index (κ3) is 4.69. The van der Waals surface area contributed by atoms with Crippen LogP contribution in [0.25, 0.3) is 10.9 Å². The summed E-state index contributed by atoms with van der Waals surface area (Å²) in [4.78, 5) is 24.6. The van der Waals surface area contributed by atoms with Crippen molar-refractivity contribution in [1.29, 1.82) is 0 Å². The Balaban J connectivity index is 1.52. The predicted molar refractivity (Wildman–Crippen MR) is 114 cm³/mol. The van der Waals surface area contributed by atoms with Crippen LogP contribution in [0.5, 0.6) is 0 Å². The number of rotatable bonds is 6. The minimum absolute atomic E-state index is 0.0920. The minimum Gasteiger partial charge on any atom is -0.350 e. The fourth-order valence-electron chi connectivity index (χ4n) is 3.04. The van der Waals surface area contributed by atoms with Gasteiger partial charge in [-0.15, -0.1) is 0 Å². The van der Waals surface area contributed by atoms with E-state index < -0.39 is 21.8 Å². The maximum absolute atomic E-state index is 12.4. The Morgan fingerprint density at radius 3 is 2.47 bits per heavy atom. The number of benzene rings is 2. The van der Waals surface area contributed by atoms with E-state index >= 15 is 0 Å². The van der Waals surface area contributed by atoms with Gasteiger partial charge in [-0.05, 0) is 43.2 Å². The molecule has 8 nitrogen and oxygen atoms in total. The molecule has 3 N–H and O–H groups in total. The third-order valence-electron chi connectivity index (χ3n) is 4.89. The van der Waals surface area contributed by atoms with Crippen LogP contribution in [0.3, 0.4) is 0 Å². The number of sulfonamides is 1. The smallest absolute Gasteiger partial charge is 0.271 e. The van der Waals surface area contributed by atoms with Crippen LogP contribution in [-0.2, 0) is 21.9 Å². The van der Waals surface area contributed by atoms with Gasteiger partial charge in [0.05, 0.1) is 10.5 Å². The summed E-state index contributed by atoms with van der Waals surface area (Å²) in [6.45, 7) is 3.64. The van der Waals surface area contributed by atoms with Gasteiger partial charge in [0.25, 0.3) is 5.91 Å². The van der Waals surface area contributed by atoms with E-state index in [0.29, 0.717) is 5.56 Å². The molecule has 0 bridgehead atoms. The molecule has 0 unspecified atom stereocenters. The quantitative estimate of drug-likeness (QED) is 0.521. The molecule has 0 saturated heterocycles. The number of nitrogens with one attached hydrogen (secondary N) is 3. The Morgan fingerprint density at radius 1 is 1.00 bits per heavy atom. The molecule has 30 heavy (non-hydrogen) atoms. The highest BCUT2D eigenvalue weighted by molar-refractivity contribution is 7.89. The zero-order valence-corrected chi connectivity index (χ0v) is 17.8. The van der Waals surface area contributed by atoms with Crippen molar-refractivity contribution in [2.24, 2.45) is 7.05 Å². The molecule has 2 amide bonds. The molecule has 9 heteroatoms. The first-order valence-electron chi connectivity index (χ1n) is 9.39. The van der Waals surface area contributed by atoms with Crippen molar-refractivity contribution < 1.29 is 18.0 Å². The number of para-hydroxylation sites is 1. The second kappa shape index (κ2) is 8.68. The molecule has 1 aromatic heterocycles. The topological polar surface area (TPSA) is 109 Å². The first-order chi connectivity index (χ1) is 14.2.